The van der Waals surface area contributed by atoms with Crippen molar-refractivity contribution in [2.75, 3.05) is 33.7 Å². The number of piperidine rings is 1. The second kappa shape index (κ2) is 7.47. The quantitative estimate of drug-likeness (QED) is 0.852. The molecule has 0 aliphatic carbocycles. The highest BCUT2D eigenvalue weighted by Crippen LogP contribution is 2.11. The summed E-state index contributed by atoms with van der Waals surface area (Å²) in [6, 6.07) is 2.45. The molecule has 0 unspecified atom stereocenters. The van der Waals surface area contributed by atoms with Crippen molar-refractivity contribution in [3.05, 3.63) is 23.8 Å². The van der Waals surface area contributed by atoms with Crippen LogP contribution in [0.4, 0.5) is 0 Å². The molecule has 116 valence electrons. The van der Waals surface area contributed by atoms with E-state index in [9.17, 15) is 4.79 Å². The molecule has 1 aromatic rings. The number of hydrogen-bond acceptors (Lipinski definition) is 5. The van der Waals surface area contributed by atoms with Gasteiger partial charge < -0.3 is 10.2 Å². The third-order valence-electron chi connectivity index (χ3n) is 3.85. The summed E-state index contributed by atoms with van der Waals surface area (Å²) >= 11 is 0. The number of rotatable bonds is 5. The summed E-state index contributed by atoms with van der Waals surface area (Å²) in [7, 11) is 3.61. The Balaban J connectivity index is 1.71. The van der Waals surface area contributed by atoms with E-state index < -0.39 is 0 Å². The zero-order valence-electron chi connectivity index (χ0n) is 13.2. The van der Waals surface area contributed by atoms with Crippen LogP contribution in [0.2, 0.25) is 0 Å². The van der Waals surface area contributed by atoms with Gasteiger partial charge in [-0.05, 0) is 25.8 Å². The van der Waals surface area contributed by atoms with Crippen LogP contribution in [0.5, 0.6) is 0 Å². The van der Waals surface area contributed by atoms with E-state index >= 15 is 0 Å². The van der Waals surface area contributed by atoms with Crippen LogP contribution in [0, 0.1) is 6.92 Å². The van der Waals surface area contributed by atoms with Gasteiger partial charge in [-0.3, -0.25) is 9.69 Å². The molecule has 0 saturated carbocycles. The normalized spacial score (nSPS) is 16.9. The number of nitrogens with zero attached hydrogens (tertiary/aromatic N) is 4. The van der Waals surface area contributed by atoms with Gasteiger partial charge in [0.15, 0.2) is 0 Å². The summed E-state index contributed by atoms with van der Waals surface area (Å²) in [5.74, 6) is 0.990. The number of amides is 1. The summed E-state index contributed by atoms with van der Waals surface area (Å²) in [5.41, 5.74) is 1.03. The van der Waals surface area contributed by atoms with Gasteiger partial charge in [0, 0.05) is 46.0 Å². The van der Waals surface area contributed by atoms with Gasteiger partial charge in [-0.25, -0.2) is 9.97 Å². The van der Waals surface area contributed by atoms with Crippen molar-refractivity contribution in [2.45, 2.75) is 32.4 Å². The van der Waals surface area contributed by atoms with Crippen LogP contribution in [0.25, 0.3) is 0 Å². The first kappa shape index (κ1) is 15.9. The third-order valence-corrected chi connectivity index (χ3v) is 3.85. The van der Waals surface area contributed by atoms with Crippen LogP contribution in [0.15, 0.2) is 12.3 Å². The highest BCUT2D eigenvalue weighted by atomic mass is 16.2. The molecule has 0 bridgehead atoms. The van der Waals surface area contributed by atoms with Crippen molar-refractivity contribution in [3.63, 3.8) is 0 Å². The van der Waals surface area contributed by atoms with E-state index in [0.29, 0.717) is 12.6 Å². The number of aromatic nitrogens is 2. The van der Waals surface area contributed by atoms with Crippen LogP contribution in [-0.4, -0.2) is 65.4 Å². The lowest BCUT2D eigenvalue weighted by molar-refractivity contribution is -0.130. The number of likely N-dealkylation sites (N-methyl/N-ethyl adjacent to an activating group) is 1. The van der Waals surface area contributed by atoms with Crippen molar-refractivity contribution in [3.8, 4) is 0 Å². The van der Waals surface area contributed by atoms with Crippen molar-refractivity contribution < 1.29 is 4.79 Å². The van der Waals surface area contributed by atoms with E-state index in [1.807, 2.05) is 13.0 Å². The van der Waals surface area contributed by atoms with Gasteiger partial charge in [0.05, 0.1) is 12.2 Å². The Hall–Kier alpha value is -1.53. The highest BCUT2D eigenvalue weighted by Gasteiger charge is 2.21. The molecule has 1 N–H and O–H groups in total. The molecule has 1 saturated heterocycles. The predicted octanol–water partition coefficient (Wildman–Crippen LogP) is 0.427. The summed E-state index contributed by atoms with van der Waals surface area (Å²) < 4.78 is 0. The summed E-state index contributed by atoms with van der Waals surface area (Å²) in [4.78, 5) is 24.1. The fourth-order valence-electron chi connectivity index (χ4n) is 2.48. The Morgan fingerprint density at radius 1 is 1.43 bits per heavy atom. The molecule has 0 atom stereocenters. The topological polar surface area (TPSA) is 61.4 Å². The number of carbonyl (C=O) groups excluding carboxylic acids is 1. The third kappa shape index (κ3) is 5.06. The Morgan fingerprint density at radius 2 is 2.14 bits per heavy atom. The molecule has 2 rings (SSSR count). The number of likely N-dealkylation sites (tertiary alicyclic amines) is 1. The molecular weight excluding hydrogens is 266 g/mol. The standard InChI is InChI=1S/C15H25N5O/c1-12-16-7-4-14(18-12)10-17-13-5-8-20(9-6-13)11-15(21)19(2)3/h4,7,13,17H,5-6,8-11H2,1-3H3. The molecule has 0 radical (unpaired) electrons. The molecule has 1 aromatic heterocycles. The Labute approximate surface area is 126 Å². The lowest BCUT2D eigenvalue weighted by atomic mass is 10.0. The maximum atomic E-state index is 11.7. The molecule has 21 heavy (non-hydrogen) atoms. The molecule has 6 nitrogen and oxygen atoms in total. The monoisotopic (exact) mass is 291 g/mol. The van der Waals surface area contributed by atoms with Gasteiger partial charge in [0.25, 0.3) is 0 Å². The SMILES string of the molecule is Cc1nccc(CNC2CCN(CC(=O)N(C)C)CC2)n1. The number of aryl methyl sites for hydroxylation is 1. The second-order valence-electron chi connectivity index (χ2n) is 5.81. The molecule has 1 fully saturated rings. The second-order valence-corrected chi connectivity index (χ2v) is 5.81. The summed E-state index contributed by atoms with van der Waals surface area (Å²) in [5, 5.41) is 3.55. The minimum absolute atomic E-state index is 0.179. The molecule has 0 spiro atoms. The van der Waals surface area contributed by atoms with E-state index in [0.717, 1.165) is 44.0 Å². The van der Waals surface area contributed by atoms with Crippen LogP contribution < -0.4 is 5.32 Å². The minimum Gasteiger partial charge on any atom is -0.348 e. The van der Waals surface area contributed by atoms with Gasteiger partial charge >= 0.3 is 0 Å². The fourth-order valence-corrected chi connectivity index (χ4v) is 2.48. The summed E-state index contributed by atoms with van der Waals surface area (Å²) in [6.07, 6.45) is 3.95. The maximum absolute atomic E-state index is 11.7. The van der Waals surface area contributed by atoms with E-state index in [1.54, 1.807) is 25.2 Å². The van der Waals surface area contributed by atoms with Crippen LogP contribution in [-0.2, 0) is 11.3 Å². The first-order valence-corrected chi connectivity index (χ1v) is 7.49. The van der Waals surface area contributed by atoms with Crippen molar-refractivity contribution >= 4 is 5.91 Å². The zero-order chi connectivity index (χ0) is 15.2. The largest absolute Gasteiger partial charge is 0.348 e. The lowest BCUT2D eigenvalue weighted by Gasteiger charge is -2.32. The Kier molecular flexibility index (Phi) is 5.64. The van der Waals surface area contributed by atoms with Gasteiger partial charge in [-0.15, -0.1) is 0 Å². The average molecular weight is 291 g/mol. The predicted molar refractivity (Wildman–Crippen MR) is 81.8 cm³/mol. The molecule has 6 heteroatoms. The summed E-state index contributed by atoms with van der Waals surface area (Å²) in [6.45, 7) is 5.17. The van der Waals surface area contributed by atoms with Gasteiger partial charge in [0.2, 0.25) is 5.91 Å². The number of hydrogen-bond donors (Lipinski definition) is 1. The molecule has 1 amide bonds. The van der Waals surface area contributed by atoms with Crippen LogP contribution in [0.1, 0.15) is 24.4 Å². The highest BCUT2D eigenvalue weighted by molar-refractivity contribution is 5.77. The van der Waals surface area contributed by atoms with E-state index in [4.69, 9.17) is 0 Å². The molecule has 1 aliphatic heterocycles. The Bertz CT molecular complexity index is 469. The number of nitrogens with one attached hydrogen (secondary N) is 1. The van der Waals surface area contributed by atoms with E-state index in [-0.39, 0.29) is 5.91 Å². The van der Waals surface area contributed by atoms with Gasteiger partial charge in [-0.1, -0.05) is 0 Å². The smallest absolute Gasteiger partial charge is 0.236 e. The Morgan fingerprint density at radius 3 is 2.76 bits per heavy atom. The molecular formula is C15H25N5O. The van der Waals surface area contributed by atoms with E-state index in [1.165, 1.54) is 0 Å². The van der Waals surface area contributed by atoms with Gasteiger partial charge in [0.1, 0.15) is 5.82 Å². The first-order chi connectivity index (χ1) is 10.0. The van der Waals surface area contributed by atoms with Crippen LogP contribution in [0.3, 0.4) is 0 Å². The fraction of sp³-hybridized carbons (Fsp3) is 0.667. The zero-order valence-corrected chi connectivity index (χ0v) is 13.2. The number of carbonyl (C=O) groups is 1. The van der Waals surface area contributed by atoms with Crippen LogP contribution >= 0.6 is 0 Å². The lowest BCUT2D eigenvalue weighted by Crippen LogP contribution is -2.45. The minimum atomic E-state index is 0.179. The van der Waals surface area contributed by atoms with E-state index in [2.05, 4.69) is 20.2 Å². The molecule has 2 heterocycles. The van der Waals surface area contributed by atoms with Crippen molar-refractivity contribution in [2.24, 2.45) is 0 Å². The molecule has 1 aliphatic rings. The average Bonchev–Trinajstić information content (AvgIpc) is 2.46. The van der Waals surface area contributed by atoms with Crippen molar-refractivity contribution in [1.29, 1.82) is 0 Å². The molecule has 0 aromatic carbocycles. The van der Waals surface area contributed by atoms with Gasteiger partial charge in [-0.2, -0.15) is 0 Å². The first-order valence-electron chi connectivity index (χ1n) is 7.49. The maximum Gasteiger partial charge on any atom is 0.236 e. The van der Waals surface area contributed by atoms with Crippen molar-refractivity contribution in [1.82, 2.24) is 25.1 Å².